The van der Waals surface area contributed by atoms with Gasteiger partial charge in [0.2, 0.25) is 0 Å². The second-order valence-corrected chi connectivity index (χ2v) is 6.55. The molecule has 25 heavy (non-hydrogen) atoms. The van der Waals surface area contributed by atoms with Crippen LogP contribution < -0.4 is 10.1 Å². The second-order valence-electron chi connectivity index (χ2n) is 6.55. The molecule has 1 fully saturated rings. The zero-order valence-electron chi connectivity index (χ0n) is 15.4. The van der Waals surface area contributed by atoms with Gasteiger partial charge in [-0.25, -0.2) is 4.79 Å². The van der Waals surface area contributed by atoms with Crippen LogP contribution in [0.1, 0.15) is 25.8 Å². The van der Waals surface area contributed by atoms with Gasteiger partial charge in [0.15, 0.2) is 0 Å². The van der Waals surface area contributed by atoms with Crippen molar-refractivity contribution >= 4 is 6.03 Å². The van der Waals surface area contributed by atoms with Crippen molar-refractivity contribution in [3.63, 3.8) is 0 Å². The SMILES string of the molecule is CCN1CC[C@H](N(C)C(=O)NCCOc2ccc(C#N)cc2)[C@@H](C)C1. The maximum Gasteiger partial charge on any atom is 0.317 e. The monoisotopic (exact) mass is 344 g/mol. The number of nitriles is 1. The molecule has 1 heterocycles. The Bertz CT molecular complexity index is 596. The Morgan fingerprint density at radius 3 is 2.76 bits per heavy atom. The first-order valence-corrected chi connectivity index (χ1v) is 8.91. The van der Waals surface area contributed by atoms with Crippen LogP contribution in [-0.4, -0.2) is 61.7 Å². The third kappa shape index (κ3) is 5.36. The Morgan fingerprint density at radius 2 is 2.16 bits per heavy atom. The number of amides is 2. The molecule has 0 bridgehead atoms. The van der Waals surface area contributed by atoms with Crippen molar-refractivity contribution in [2.45, 2.75) is 26.3 Å². The predicted octanol–water partition coefficient (Wildman–Crippen LogP) is 2.31. The molecule has 0 radical (unpaired) electrons. The van der Waals surface area contributed by atoms with E-state index in [1.807, 2.05) is 11.9 Å². The van der Waals surface area contributed by atoms with Gasteiger partial charge < -0.3 is 19.9 Å². The van der Waals surface area contributed by atoms with E-state index in [-0.39, 0.29) is 12.1 Å². The Hall–Kier alpha value is -2.26. The minimum Gasteiger partial charge on any atom is -0.492 e. The smallest absolute Gasteiger partial charge is 0.317 e. The van der Waals surface area contributed by atoms with Gasteiger partial charge in [-0.3, -0.25) is 0 Å². The largest absolute Gasteiger partial charge is 0.492 e. The van der Waals surface area contributed by atoms with Crippen LogP contribution in [0.2, 0.25) is 0 Å². The molecule has 1 saturated heterocycles. The van der Waals surface area contributed by atoms with Gasteiger partial charge in [0.25, 0.3) is 0 Å². The fraction of sp³-hybridized carbons (Fsp3) is 0.579. The number of rotatable bonds is 6. The Labute approximate surface area is 150 Å². The summed E-state index contributed by atoms with van der Waals surface area (Å²) in [6.45, 7) is 8.40. The van der Waals surface area contributed by atoms with E-state index < -0.39 is 0 Å². The number of nitrogens with one attached hydrogen (secondary N) is 1. The molecule has 2 rings (SSSR count). The number of carbonyl (C=O) groups excluding carboxylic acids is 1. The number of hydrogen-bond donors (Lipinski definition) is 1. The van der Waals surface area contributed by atoms with Gasteiger partial charge in [-0.2, -0.15) is 5.26 Å². The summed E-state index contributed by atoms with van der Waals surface area (Å²) in [5, 5.41) is 11.7. The molecule has 0 aromatic heterocycles. The summed E-state index contributed by atoms with van der Waals surface area (Å²) in [5.74, 6) is 1.17. The van der Waals surface area contributed by atoms with Gasteiger partial charge in [0.1, 0.15) is 12.4 Å². The predicted molar refractivity (Wildman–Crippen MR) is 97.5 cm³/mol. The number of carbonyl (C=O) groups is 1. The van der Waals surface area contributed by atoms with Gasteiger partial charge >= 0.3 is 6.03 Å². The maximum absolute atomic E-state index is 12.3. The average molecular weight is 344 g/mol. The Morgan fingerprint density at radius 1 is 1.44 bits per heavy atom. The number of nitrogens with zero attached hydrogens (tertiary/aromatic N) is 3. The lowest BCUT2D eigenvalue weighted by atomic mass is 9.93. The molecule has 1 N–H and O–H groups in total. The summed E-state index contributed by atoms with van der Waals surface area (Å²) in [4.78, 5) is 16.6. The molecule has 2 amide bonds. The van der Waals surface area contributed by atoms with Crippen molar-refractivity contribution in [1.29, 1.82) is 5.26 Å². The average Bonchev–Trinajstić information content (AvgIpc) is 2.64. The zero-order chi connectivity index (χ0) is 18.2. The molecule has 0 aliphatic carbocycles. The summed E-state index contributed by atoms with van der Waals surface area (Å²) >= 11 is 0. The summed E-state index contributed by atoms with van der Waals surface area (Å²) in [6.07, 6.45) is 1.01. The Balaban J connectivity index is 1.71. The highest BCUT2D eigenvalue weighted by Gasteiger charge is 2.30. The van der Waals surface area contributed by atoms with E-state index >= 15 is 0 Å². The van der Waals surface area contributed by atoms with E-state index in [9.17, 15) is 4.79 Å². The first-order valence-electron chi connectivity index (χ1n) is 8.91. The van der Waals surface area contributed by atoms with Crippen molar-refractivity contribution in [3.8, 4) is 11.8 Å². The van der Waals surface area contributed by atoms with E-state index in [4.69, 9.17) is 10.00 Å². The van der Waals surface area contributed by atoms with Gasteiger partial charge in [-0.1, -0.05) is 13.8 Å². The maximum atomic E-state index is 12.3. The molecule has 1 aromatic rings. The van der Waals surface area contributed by atoms with Crippen LogP contribution in [0.25, 0.3) is 0 Å². The lowest BCUT2D eigenvalue weighted by Gasteiger charge is -2.40. The second kappa shape index (κ2) is 9.28. The van der Waals surface area contributed by atoms with Crippen LogP contribution in [0.5, 0.6) is 5.75 Å². The lowest BCUT2D eigenvalue weighted by molar-refractivity contribution is 0.0960. The van der Waals surface area contributed by atoms with Crippen molar-refractivity contribution in [3.05, 3.63) is 29.8 Å². The first kappa shape index (κ1) is 19.1. The third-order valence-electron chi connectivity index (χ3n) is 4.84. The molecule has 1 aliphatic heterocycles. The molecule has 0 saturated carbocycles. The number of hydrogen-bond acceptors (Lipinski definition) is 4. The number of benzene rings is 1. The highest BCUT2D eigenvalue weighted by Crippen LogP contribution is 2.21. The quantitative estimate of drug-likeness (QED) is 0.804. The molecular weight excluding hydrogens is 316 g/mol. The molecular formula is C19H28N4O2. The molecule has 1 aromatic carbocycles. The van der Waals surface area contributed by atoms with Crippen molar-refractivity contribution in [1.82, 2.24) is 15.1 Å². The van der Waals surface area contributed by atoms with E-state index in [0.717, 1.165) is 26.1 Å². The summed E-state index contributed by atoms with van der Waals surface area (Å²) in [7, 11) is 1.87. The third-order valence-corrected chi connectivity index (χ3v) is 4.84. The van der Waals surface area contributed by atoms with Crippen LogP contribution in [0.4, 0.5) is 4.79 Å². The van der Waals surface area contributed by atoms with E-state index in [1.54, 1.807) is 24.3 Å². The van der Waals surface area contributed by atoms with Crippen molar-refractivity contribution < 1.29 is 9.53 Å². The molecule has 6 nitrogen and oxygen atoms in total. The highest BCUT2D eigenvalue weighted by molar-refractivity contribution is 5.74. The van der Waals surface area contributed by atoms with Gasteiger partial charge in [0.05, 0.1) is 18.2 Å². The topological polar surface area (TPSA) is 68.6 Å². The highest BCUT2D eigenvalue weighted by atomic mass is 16.5. The van der Waals surface area contributed by atoms with Gasteiger partial charge in [-0.15, -0.1) is 0 Å². The fourth-order valence-corrected chi connectivity index (χ4v) is 3.31. The molecule has 136 valence electrons. The Kier molecular flexibility index (Phi) is 7.08. The minimum absolute atomic E-state index is 0.0507. The normalized spacial score (nSPS) is 20.6. The lowest BCUT2D eigenvalue weighted by Crippen LogP contribution is -2.53. The van der Waals surface area contributed by atoms with Crippen LogP contribution in [0, 0.1) is 17.2 Å². The molecule has 2 atom stereocenters. The number of piperidine rings is 1. The van der Waals surface area contributed by atoms with Crippen LogP contribution in [0.15, 0.2) is 24.3 Å². The van der Waals surface area contributed by atoms with E-state index in [1.165, 1.54) is 0 Å². The minimum atomic E-state index is -0.0507. The number of likely N-dealkylation sites (tertiary alicyclic amines) is 1. The van der Waals surface area contributed by atoms with E-state index in [2.05, 4.69) is 30.1 Å². The fourth-order valence-electron chi connectivity index (χ4n) is 3.31. The van der Waals surface area contributed by atoms with Crippen LogP contribution >= 0.6 is 0 Å². The van der Waals surface area contributed by atoms with Crippen molar-refractivity contribution in [2.75, 3.05) is 39.8 Å². The molecule has 1 aliphatic rings. The molecule has 0 unspecified atom stereocenters. The van der Waals surface area contributed by atoms with Crippen LogP contribution in [-0.2, 0) is 0 Å². The number of urea groups is 1. The molecule has 0 spiro atoms. The van der Waals surface area contributed by atoms with Gasteiger partial charge in [-0.05, 0) is 43.1 Å². The summed E-state index contributed by atoms with van der Waals surface area (Å²) in [5.41, 5.74) is 0.602. The summed E-state index contributed by atoms with van der Waals surface area (Å²) < 4.78 is 5.58. The number of ether oxygens (including phenoxy) is 1. The standard InChI is InChI=1S/C19H28N4O2/c1-4-23-11-9-18(15(2)14-23)22(3)19(24)21-10-12-25-17-7-5-16(13-20)6-8-17/h5-8,15,18H,4,9-12,14H2,1-3H3,(H,21,24)/t15-,18-/m0/s1. The van der Waals surface area contributed by atoms with Crippen molar-refractivity contribution in [2.24, 2.45) is 5.92 Å². The van der Waals surface area contributed by atoms with Gasteiger partial charge in [0, 0.05) is 26.2 Å². The first-order chi connectivity index (χ1) is 12.0. The zero-order valence-corrected chi connectivity index (χ0v) is 15.4. The molecule has 6 heteroatoms. The van der Waals surface area contributed by atoms with E-state index in [0.29, 0.717) is 30.4 Å². The van der Waals surface area contributed by atoms with Crippen LogP contribution in [0.3, 0.4) is 0 Å². The summed E-state index contributed by atoms with van der Waals surface area (Å²) in [6, 6.07) is 9.25.